The van der Waals surface area contributed by atoms with Crippen LogP contribution in [0.2, 0.25) is 0 Å². The molecule has 0 unspecified atom stereocenters. The van der Waals surface area contributed by atoms with Gasteiger partial charge in [0.05, 0.1) is 11.1 Å². The maximum atomic E-state index is 13.1. The number of aliphatic hydroxyl groups excluding tert-OH is 1. The van der Waals surface area contributed by atoms with E-state index in [1.54, 1.807) is 12.3 Å². The zero-order valence-corrected chi connectivity index (χ0v) is 15.0. The number of aliphatic carboxylic acids is 1. The predicted octanol–water partition coefficient (Wildman–Crippen LogP) is 2.11. The Balaban J connectivity index is 1.88. The number of nitrogens with zero attached hydrogens (tertiary/aromatic N) is 2. The van der Waals surface area contributed by atoms with Gasteiger partial charge in [0.1, 0.15) is 16.9 Å². The molecule has 138 valence electrons. The first-order valence-electron chi connectivity index (χ1n) is 8.19. The van der Waals surface area contributed by atoms with Crippen LogP contribution in [-0.2, 0) is 11.2 Å². The van der Waals surface area contributed by atoms with Crippen molar-refractivity contribution in [1.82, 2.24) is 9.88 Å². The lowest BCUT2D eigenvalue weighted by Crippen LogP contribution is -2.58. The molecule has 2 atom stereocenters. The van der Waals surface area contributed by atoms with Crippen molar-refractivity contribution in [2.45, 2.75) is 25.9 Å². The standard InChI is InChI=1S/C18H19FN2O4S/c1-11-20-14(9-26-11)16(23)21-7-6-15(22)18(10-21,17(24)25)8-12-2-4-13(19)5-3-12/h2-5,9,15,22H,6-8,10H2,1H3,(H,24,25)/t15-,18-/m1/s1. The second-order valence-electron chi connectivity index (χ2n) is 6.55. The van der Waals surface area contributed by atoms with Crippen LogP contribution in [0.5, 0.6) is 0 Å². The van der Waals surface area contributed by atoms with E-state index < -0.39 is 23.3 Å². The van der Waals surface area contributed by atoms with E-state index >= 15 is 0 Å². The molecule has 0 bridgehead atoms. The molecule has 8 heteroatoms. The minimum absolute atomic E-state index is 0.00362. The topological polar surface area (TPSA) is 90.7 Å². The van der Waals surface area contributed by atoms with Crippen molar-refractivity contribution in [2.75, 3.05) is 13.1 Å². The number of likely N-dealkylation sites (tertiary alicyclic amines) is 1. The molecule has 1 aromatic heterocycles. The molecular formula is C18H19FN2O4S. The number of rotatable bonds is 4. The number of thiazole rings is 1. The monoisotopic (exact) mass is 378 g/mol. The van der Waals surface area contributed by atoms with Crippen molar-refractivity contribution in [1.29, 1.82) is 0 Å². The SMILES string of the molecule is Cc1nc(C(=O)N2CC[C@@H](O)[C@](Cc3ccc(F)cc3)(C(=O)O)C2)cs1. The molecule has 1 aliphatic heterocycles. The highest BCUT2D eigenvalue weighted by molar-refractivity contribution is 7.09. The number of aryl methyl sites for hydroxylation is 1. The van der Waals surface area contributed by atoms with Crippen molar-refractivity contribution in [3.8, 4) is 0 Å². The van der Waals surface area contributed by atoms with Crippen molar-refractivity contribution in [3.05, 3.63) is 51.7 Å². The number of halogens is 1. The zero-order chi connectivity index (χ0) is 18.9. The van der Waals surface area contributed by atoms with Gasteiger partial charge >= 0.3 is 5.97 Å². The fraction of sp³-hybridized carbons (Fsp3) is 0.389. The smallest absolute Gasteiger partial charge is 0.314 e. The molecule has 2 aromatic rings. The summed E-state index contributed by atoms with van der Waals surface area (Å²) in [6.45, 7) is 1.92. The summed E-state index contributed by atoms with van der Waals surface area (Å²) in [5.41, 5.74) is -0.673. The first kappa shape index (κ1) is 18.5. The largest absolute Gasteiger partial charge is 0.481 e. The highest BCUT2D eigenvalue weighted by Crippen LogP contribution is 2.35. The normalized spacial score (nSPS) is 23.0. The van der Waals surface area contributed by atoms with Crippen molar-refractivity contribution >= 4 is 23.2 Å². The van der Waals surface area contributed by atoms with Crippen molar-refractivity contribution in [3.63, 3.8) is 0 Å². The van der Waals surface area contributed by atoms with Gasteiger partial charge in [-0.05, 0) is 37.5 Å². The molecular weight excluding hydrogens is 359 g/mol. The summed E-state index contributed by atoms with van der Waals surface area (Å²) < 4.78 is 13.1. The first-order chi connectivity index (χ1) is 12.3. The number of carboxylic acid groups (broad SMARTS) is 1. The van der Waals surface area contributed by atoms with Crippen LogP contribution in [-0.4, -0.2) is 51.2 Å². The Morgan fingerprint density at radius 2 is 2.08 bits per heavy atom. The maximum absolute atomic E-state index is 13.1. The molecule has 1 saturated heterocycles. The van der Waals surface area contributed by atoms with Gasteiger partial charge in [-0.2, -0.15) is 0 Å². The lowest BCUT2D eigenvalue weighted by atomic mass is 9.72. The summed E-state index contributed by atoms with van der Waals surface area (Å²) in [4.78, 5) is 30.4. The van der Waals surface area contributed by atoms with Gasteiger partial charge in [-0.3, -0.25) is 9.59 Å². The van der Waals surface area contributed by atoms with Gasteiger partial charge in [0.15, 0.2) is 0 Å². The molecule has 2 N–H and O–H groups in total. The number of hydrogen-bond donors (Lipinski definition) is 2. The van der Waals surface area contributed by atoms with Gasteiger partial charge in [-0.1, -0.05) is 12.1 Å². The maximum Gasteiger partial charge on any atom is 0.314 e. The molecule has 1 aliphatic rings. The number of carboxylic acids is 1. The fourth-order valence-electron chi connectivity index (χ4n) is 3.30. The quantitative estimate of drug-likeness (QED) is 0.850. The summed E-state index contributed by atoms with van der Waals surface area (Å²) in [5.74, 6) is -1.94. The number of carbonyl (C=O) groups is 2. The molecule has 0 radical (unpaired) electrons. The Morgan fingerprint density at radius 1 is 1.38 bits per heavy atom. The molecule has 0 spiro atoms. The number of carbonyl (C=O) groups excluding carboxylic acids is 1. The van der Waals surface area contributed by atoms with Crippen LogP contribution >= 0.6 is 11.3 Å². The molecule has 1 aromatic carbocycles. The Labute approximate surface area is 153 Å². The number of aliphatic hydroxyl groups is 1. The molecule has 3 rings (SSSR count). The van der Waals surface area contributed by atoms with Crippen LogP contribution in [0.25, 0.3) is 0 Å². The minimum Gasteiger partial charge on any atom is -0.481 e. The van der Waals surface area contributed by atoms with E-state index in [0.29, 0.717) is 5.56 Å². The van der Waals surface area contributed by atoms with Gasteiger partial charge in [0.25, 0.3) is 5.91 Å². The van der Waals surface area contributed by atoms with E-state index in [1.807, 2.05) is 0 Å². The minimum atomic E-state index is -1.54. The van der Waals surface area contributed by atoms with Crippen LogP contribution in [0.4, 0.5) is 4.39 Å². The number of piperidine rings is 1. The average Bonchev–Trinajstić information content (AvgIpc) is 3.04. The number of benzene rings is 1. The Bertz CT molecular complexity index is 823. The third-order valence-electron chi connectivity index (χ3n) is 4.77. The summed E-state index contributed by atoms with van der Waals surface area (Å²) in [6.07, 6.45) is -0.947. The Hall–Kier alpha value is -2.32. The third-order valence-corrected chi connectivity index (χ3v) is 5.54. The van der Waals surface area contributed by atoms with Crippen LogP contribution < -0.4 is 0 Å². The third kappa shape index (κ3) is 3.47. The van der Waals surface area contributed by atoms with E-state index in [1.165, 1.54) is 40.5 Å². The lowest BCUT2D eigenvalue weighted by molar-refractivity contribution is -0.161. The summed E-state index contributed by atoms with van der Waals surface area (Å²) in [7, 11) is 0. The molecule has 26 heavy (non-hydrogen) atoms. The molecule has 0 saturated carbocycles. The Kier molecular flexibility index (Phi) is 5.06. The average molecular weight is 378 g/mol. The molecule has 6 nitrogen and oxygen atoms in total. The summed E-state index contributed by atoms with van der Waals surface area (Å²) in [6, 6.07) is 5.50. The van der Waals surface area contributed by atoms with Crippen LogP contribution in [0.3, 0.4) is 0 Å². The number of hydrogen-bond acceptors (Lipinski definition) is 5. The van der Waals surface area contributed by atoms with Crippen LogP contribution in [0.15, 0.2) is 29.6 Å². The van der Waals surface area contributed by atoms with E-state index in [-0.39, 0.29) is 37.5 Å². The van der Waals surface area contributed by atoms with Crippen LogP contribution in [0, 0.1) is 18.2 Å². The molecule has 1 fully saturated rings. The molecule has 2 heterocycles. The number of aromatic nitrogens is 1. The number of amides is 1. The highest BCUT2D eigenvalue weighted by atomic mass is 32.1. The summed E-state index contributed by atoms with van der Waals surface area (Å²) in [5, 5.41) is 22.7. The lowest BCUT2D eigenvalue weighted by Gasteiger charge is -2.43. The fourth-order valence-corrected chi connectivity index (χ4v) is 3.89. The molecule has 1 amide bonds. The second kappa shape index (κ2) is 7.13. The Morgan fingerprint density at radius 3 is 2.65 bits per heavy atom. The van der Waals surface area contributed by atoms with E-state index in [2.05, 4.69) is 4.98 Å². The first-order valence-corrected chi connectivity index (χ1v) is 9.07. The van der Waals surface area contributed by atoms with Crippen LogP contribution in [0.1, 0.15) is 27.5 Å². The molecule has 0 aliphatic carbocycles. The predicted molar refractivity (Wildman–Crippen MR) is 93.6 cm³/mol. The van der Waals surface area contributed by atoms with Gasteiger partial charge in [0.2, 0.25) is 0 Å². The van der Waals surface area contributed by atoms with Gasteiger partial charge in [-0.25, -0.2) is 9.37 Å². The van der Waals surface area contributed by atoms with Gasteiger partial charge in [-0.15, -0.1) is 11.3 Å². The van der Waals surface area contributed by atoms with Crippen molar-refractivity contribution < 1.29 is 24.2 Å². The summed E-state index contributed by atoms with van der Waals surface area (Å²) >= 11 is 1.35. The van der Waals surface area contributed by atoms with E-state index in [4.69, 9.17) is 0 Å². The van der Waals surface area contributed by atoms with Crippen molar-refractivity contribution in [2.24, 2.45) is 5.41 Å². The van der Waals surface area contributed by atoms with E-state index in [0.717, 1.165) is 5.01 Å². The second-order valence-corrected chi connectivity index (χ2v) is 7.61. The zero-order valence-electron chi connectivity index (χ0n) is 14.2. The highest BCUT2D eigenvalue weighted by Gasteiger charge is 2.50. The van der Waals surface area contributed by atoms with Gasteiger partial charge in [0, 0.05) is 18.5 Å². The van der Waals surface area contributed by atoms with Gasteiger partial charge < -0.3 is 15.1 Å². The van der Waals surface area contributed by atoms with E-state index in [9.17, 15) is 24.2 Å².